The topological polar surface area (TPSA) is 38.9 Å². The fourth-order valence-electron chi connectivity index (χ4n) is 1.31. The van der Waals surface area contributed by atoms with Crippen molar-refractivity contribution in [1.29, 1.82) is 0 Å². The summed E-state index contributed by atoms with van der Waals surface area (Å²) >= 11 is 0. The molecule has 0 aliphatic carbocycles. The number of pyridine rings is 1. The van der Waals surface area contributed by atoms with E-state index in [1.54, 1.807) is 0 Å². The van der Waals surface area contributed by atoms with Gasteiger partial charge in [-0.3, -0.25) is 0 Å². The molecule has 2 N–H and O–H groups in total. The third-order valence-electron chi connectivity index (χ3n) is 1.94. The molecule has 0 atom stereocenters. The Morgan fingerprint density at radius 1 is 0.938 bits per heavy atom. The second kappa shape index (κ2) is 7.69. The Morgan fingerprint density at radius 2 is 1.56 bits per heavy atom. The normalized spacial score (nSPS) is 8.56. The lowest BCUT2D eigenvalue weighted by Crippen LogP contribution is -1.90. The molecule has 0 aliphatic rings. The van der Waals surface area contributed by atoms with E-state index in [0.717, 1.165) is 10.9 Å². The number of aromatic nitrogens is 1. The molecule has 1 heterocycles. The maximum Gasteiger partial charge on any atom is 0.124 e. The van der Waals surface area contributed by atoms with Crippen molar-refractivity contribution in [1.82, 2.24) is 4.98 Å². The Hall–Kier alpha value is -1.57. The molecule has 0 unspecified atom stereocenters. The first-order chi connectivity index (χ1) is 7.77. The summed E-state index contributed by atoms with van der Waals surface area (Å²) < 4.78 is 0. The molecule has 1 aromatic carbocycles. The highest BCUT2D eigenvalue weighted by atomic mass is 14.8. The van der Waals surface area contributed by atoms with Crippen LogP contribution < -0.4 is 5.73 Å². The highest BCUT2D eigenvalue weighted by Gasteiger charge is 1.97. The highest BCUT2D eigenvalue weighted by Crippen LogP contribution is 2.16. The Labute approximate surface area is 98.5 Å². The van der Waals surface area contributed by atoms with Crippen molar-refractivity contribution in [2.75, 3.05) is 5.73 Å². The van der Waals surface area contributed by atoms with Gasteiger partial charge in [0.2, 0.25) is 0 Å². The Bertz CT molecular complexity index is 422. The van der Waals surface area contributed by atoms with Crippen LogP contribution in [-0.4, -0.2) is 4.98 Å². The van der Waals surface area contributed by atoms with Crippen molar-refractivity contribution >= 4 is 16.7 Å². The van der Waals surface area contributed by atoms with Gasteiger partial charge in [0, 0.05) is 5.39 Å². The zero-order chi connectivity index (χ0) is 12.6. The quantitative estimate of drug-likeness (QED) is 0.720. The van der Waals surface area contributed by atoms with Crippen LogP contribution >= 0.6 is 0 Å². The van der Waals surface area contributed by atoms with Gasteiger partial charge in [-0.1, -0.05) is 45.9 Å². The van der Waals surface area contributed by atoms with E-state index in [4.69, 9.17) is 5.73 Å². The molecule has 2 rings (SSSR count). The molecule has 0 aliphatic heterocycles. The second-order valence-electron chi connectivity index (χ2n) is 2.88. The van der Waals surface area contributed by atoms with E-state index in [1.165, 1.54) is 5.56 Å². The summed E-state index contributed by atoms with van der Waals surface area (Å²) in [7, 11) is 0. The molecule has 2 heteroatoms. The van der Waals surface area contributed by atoms with Crippen molar-refractivity contribution in [3.63, 3.8) is 0 Å². The van der Waals surface area contributed by atoms with Gasteiger partial charge < -0.3 is 5.73 Å². The summed E-state index contributed by atoms with van der Waals surface area (Å²) in [6.45, 7) is 10.0. The molecular formula is C14H22N2. The minimum atomic E-state index is 0.580. The van der Waals surface area contributed by atoms with Crippen LogP contribution in [0.25, 0.3) is 10.9 Å². The Balaban J connectivity index is 0.000000509. The number of nitrogen functional groups attached to an aromatic ring is 1. The monoisotopic (exact) mass is 218 g/mol. The Morgan fingerprint density at radius 3 is 2.19 bits per heavy atom. The molecule has 0 bridgehead atoms. The molecule has 0 saturated carbocycles. The minimum Gasteiger partial charge on any atom is -0.384 e. The molecular weight excluding hydrogens is 196 g/mol. The van der Waals surface area contributed by atoms with Crippen molar-refractivity contribution in [2.24, 2.45) is 0 Å². The molecule has 88 valence electrons. The first-order valence-electron chi connectivity index (χ1n) is 5.89. The third kappa shape index (κ3) is 3.54. The predicted molar refractivity (Wildman–Crippen MR) is 73.6 cm³/mol. The van der Waals surface area contributed by atoms with E-state index in [0.29, 0.717) is 5.82 Å². The summed E-state index contributed by atoms with van der Waals surface area (Å²) in [6, 6.07) is 9.91. The van der Waals surface area contributed by atoms with Crippen LogP contribution in [-0.2, 0) is 0 Å². The van der Waals surface area contributed by atoms with Crippen LogP contribution in [0.1, 0.15) is 33.3 Å². The summed E-state index contributed by atoms with van der Waals surface area (Å²) in [5.41, 5.74) is 7.75. The van der Waals surface area contributed by atoms with E-state index in [9.17, 15) is 0 Å². The summed E-state index contributed by atoms with van der Waals surface area (Å²) in [6.07, 6.45) is 0. The molecule has 2 nitrogen and oxygen atoms in total. The van der Waals surface area contributed by atoms with Crippen LogP contribution in [0.2, 0.25) is 0 Å². The van der Waals surface area contributed by atoms with Crippen molar-refractivity contribution in [3.8, 4) is 0 Å². The maximum atomic E-state index is 5.58. The van der Waals surface area contributed by atoms with Gasteiger partial charge in [-0.25, -0.2) is 4.98 Å². The first-order valence-corrected chi connectivity index (χ1v) is 5.89. The molecule has 0 spiro atoms. The van der Waals surface area contributed by atoms with Crippen molar-refractivity contribution in [3.05, 3.63) is 35.9 Å². The maximum absolute atomic E-state index is 5.58. The number of para-hydroxylation sites is 1. The van der Waals surface area contributed by atoms with E-state index >= 15 is 0 Å². The zero-order valence-corrected chi connectivity index (χ0v) is 10.9. The van der Waals surface area contributed by atoms with E-state index in [1.807, 2.05) is 65.0 Å². The first kappa shape index (κ1) is 14.4. The van der Waals surface area contributed by atoms with Gasteiger partial charge >= 0.3 is 0 Å². The predicted octanol–water partition coefficient (Wildman–Crippen LogP) is 4.18. The molecule has 0 radical (unpaired) electrons. The van der Waals surface area contributed by atoms with Crippen LogP contribution in [0.15, 0.2) is 30.3 Å². The smallest absolute Gasteiger partial charge is 0.124 e. The molecule has 0 saturated heterocycles. The number of hydrogen-bond donors (Lipinski definition) is 1. The van der Waals surface area contributed by atoms with Crippen LogP contribution in [0.3, 0.4) is 0 Å². The molecule has 16 heavy (non-hydrogen) atoms. The van der Waals surface area contributed by atoms with Crippen LogP contribution in [0.4, 0.5) is 5.82 Å². The standard InChI is InChI=1S/C10H10N2.2C2H6/c1-7-3-2-4-8-5-6-9(11)12-10(7)8;2*1-2/h2-6H,1H3,(H2,11,12);2*1-2H3. The van der Waals surface area contributed by atoms with Gasteiger partial charge in [-0.15, -0.1) is 0 Å². The lowest BCUT2D eigenvalue weighted by molar-refractivity contribution is 1.37. The fraction of sp³-hybridized carbons (Fsp3) is 0.357. The minimum absolute atomic E-state index is 0.580. The number of benzene rings is 1. The lowest BCUT2D eigenvalue weighted by atomic mass is 10.1. The van der Waals surface area contributed by atoms with Gasteiger partial charge in [0.05, 0.1) is 5.52 Å². The van der Waals surface area contributed by atoms with Gasteiger partial charge in [0.15, 0.2) is 0 Å². The number of hydrogen-bond acceptors (Lipinski definition) is 2. The highest BCUT2D eigenvalue weighted by molar-refractivity contribution is 5.82. The summed E-state index contributed by atoms with van der Waals surface area (Å²) in [4.78, 5) is 4.25. The number of rotatable bonds is 0. The van der Waals surface area contributed by atoms with E-state index < -0.39 is 0 Å². The van der Waals surface area contributed by atoms with Crippen molar-refractivity contribution in [2.45, 2.75) is 34.6 Å². The number of aryl methyl sites for hydroxylation is 1. The van der Waals surface area contributed by atoms with Crippen molar-refractivity contribution < 1.29 is 0 Å². The lowest BCUT2D eigenvalue weighted by Gasteiger charge is -2.00. The summed E-state index contributed by atoms with van der Waals surface area (Å²) in [5.74, 6) is 0.580. The van der Waals surface area contributed by atoms with Gasteiger partial charge in [0.25, 0.3) is 0 Å². The number of fused-ring (bicyclic) bond motifs is 1. The third-order valence-corrected chi connectivity index (χ3v) is 1.94. The molecule has 0 fully saturated rings. The zero-order valence-electron chi connectivity index (χ0n) is 10.9. The molecule has 0 amide bonds. The fourth-order valence-corrected chi connectivity index (χ4v) is 1.31. The van der Waals surface area contributed by atoms with Gasteiger partial charge in [-0.2, -0.15) is 0 Å². The summed E-state index contributed by atoms with van der Waals surface area (Å²) in [5, 5.41) is 1.14. The Kier molecular flexibility index (Phi) is 6.93. The van der Waals surface area contributed by atoms with Gasteiger partial charge in [-0.05, 0) is 24.6 Å². The van der Waals surface area contributed by atoms with Gasteiger partial charge in [0.1, 0.15) is 5.82 Å². The molecule has 1 aromatic heterocycles. The average molecular weight is 218 g/mol. The van der Waals surface area contributed by atoms with Crippen LogP contribution in [0.5, 0.6) is 0 Å². The molecule has 2 aromatic rings. The number of nitrogens with zero attached hydrogens (tertiary/aromatic N) is 1. The second-order valence-corrected chi connectivity index (χ2v) is 2.88. The number of nitrogens with two attached hydrogens (primary N) is 1. The average Bonchev–Trinajstić information content (AvgIpc) is 2.35. The number of anilines is 1. The van der Waals surface area contributed by atoms with E-state index in [-0.39, 0.29) is 0 Å². The largest absolute Gasteiger partial charge is 0.384 e. The SMILES string of the molecule is CC.CC.Cc1cccc2ccc(N)nc12. The van der Waals surface area contributed by atoms with E-state index in [2.05, 4.69) is 4.98 Å². The van der Waals surface area contributed by atoms with Crippen LogP contribution in [0, 0.1) is 6.92 Å².